The summed E-state index contributed by atoms with van der Waals surface area (Å²) < 4.78 is 1.82. The molecule has 0 aliphatic rings. The molecule has 0 saturated heterocycles. The quantitative estimate of drug-likeness (QED) is 0.417. The molecule has 1 amide bonds. The van der Waals surface area contributed by atoms with Gasteiger partial charge in [0.25, 0.3) is 5.91 Å². The van der Waals surface area contributed by atoms with Gasteiger partial charge >= 0.3 is 0 Å². The highest BCUT2D eigenvalue weighted by atomic mass is 32.1. The molecule has 28 heavy (non-hydrogen) atoms. The van der Waals surface area contributed by atoms with E-state index in [2.05, 4.69) is 23.5 Å². The molecule has 6 nitrogen and oxygen atoms in total. The Morgan fingerprint density at radius 1 is 1.32 bits per heavy atom. The van der Waals surface area contributed by atoms with Gasteiger partial charge in [-0.1, -0.05) is 36.4 Å². The first-order valence-corrected chi connectivity index (χ1v) is 9.81. The van der Waals surface area contributed by atoms with Gasteiger partial charge in [-0.3, -0.25) is 9.20 Å². The van der Waals surface area contributed by atoms with Crippen LogP contribution in [0.15, 0.2) is 54.0 Å². The molecule has 0 radical (unpaired) electrons. The van der Waals surface area contributed by atoms with Crippen molar-refractivity contribution in [2.45, 2.75) is 13.0 Å². The zero-order valence-electron chi connectivity index (χ0n) is 15.6. The van der Waals surface area contributed by atoms with E-state index in [0.717, 1.165) is 21.3 Å². The molecule has 0 bridgehead atoms. The van der Waals surface area contributed by atoms with Crippen molar-refractivity contribution in [1.29, 1.82) is 5.26 Å². The van der Waals surface area contributed by atoms with E-state index in [1.807, 2.05) is 53.4 Å². The molecule has 4 aromatic rings. The third-order valence-electron chi connectivity index (χ3n) is 4.60. The van der Waals surface area contributed by atoms with Gasteiger partial charge in [-0.25, -0.2) is 4.98 Å². The molecular weight excluding hydrogens is 370 g/mol. The minimum Gasteiger partial charge on any atom is -0.346 e. The van der Waals surface area contributed by atoms with Gasteiger partial charge in [0.05, 0.1) is 0 Å². The number of thiazole rings is 1. The fraction of sp³-hybridized carbons (Fsp3) is 0.190. The van der Waals surface area contributed by atoms with Crippen LogP contribution < -0.4 is 5.32 Å². The Hall–Kier alpha value is -3.37. The number of nitrogens with zero attached hydrogens (tertiary/aromatic N) is 4. The summed E-state index contributed by atoms with van der Waals surface area (Å²) in [6, 6.07) is 14.0. The average Bonchev–Trinajstić information content (AvgIpc) is 3.28. The van der Waals surface area contributed by atoms with Gasteiger partial charge in [-0.05, 0) is 23.8 Å². The molecular formula is C21H19N5OS. The number of nitrogens with one attached hydrogen (secondary N) is 1. The zero-order chi connectivity index (χ0) is 19.7. The Morgan fingerprint density at radius 2 is 2.11 bits per heavy atom. The Kier molecular flexibility index (Phi) is 4.72. The second-order valence-electron chi connectivity index (χ2n) is 6.78. The molecule has 1 atom stereocenters. The fourth-order valence-electron chi connectivity index (χ4n) is 3.33. The summed E-state index contributed by atoms with van der Waals surface area (Å²) in [5.41, 5.74) is 2.08. The van der Waals surface area contributed by atoms with Crippen molar-refractivity contribution >= 4 is 33.0 Å². The number of amides is 1. The van der Waals surface area contributed by atoms with Gasteiger partial charge in [0, 0.05) is 36.8 Å². The molecule has 2 aromatic heterocycles. The van der Waals surface area contributed by atoms with Crippen LogP contribution in [0.4, 0.5) is 0 Å². The molecule has 2 heterocycles. The van der Waals surface area contributed by atoms with Gasteiger partial charge in [0.1, 0.15) is 11.4 Å². The minimum atomic E-state index is -0.201. The first-order valence-electron chi connectivity index (χ1n) is 8.93. The molecule has 0 spiro atoms. The number of aromatic nitrogens is 2. The van der Waals surface area contributed by atoms with Crippen LogP contribution in [-0.4, -0.2) is 39.8 Å². The van der Waals surface area contributed by atoms with E-state index in [0.29, 0.717) is 17.9 Å². The van der Waals surface area contributed by atoms with Crippen LogP contribution in [0.1, 0.15) is 17.4 Å². The Morgan fingerprint density at radius 3 is 2.89 bits per heavy atom. The number of rotatable bonds is 5. The SMILES string of the molecule is CC(CN(C)C#N)NC(=O)c1c(-c2ccc3ccccc3c2)nc2sccn12. The van der Waals surface area contributed by atoms with Gasteiger partial charge in [0.2, 0.25) is 0 Å². The van der Waals surface area contributed by atoms with Crippen LogP contribution in [-0.2, 0) is 0 Å². The van der Waals surface area contributed by atoms with Crippen molar-refractivity contribution in [3.63, 3.8) is 0 Å². The molecule has 0 aliphatic heterocycles. The maximum absolute atomic E-state index is 13.1. The fourth-order valence-corrected chi connectivity index (χ4v) is 4.04. The van der Waals surface area contributed by atoms with Crippen molar-refractivity contribution in [2.24, 2.45) is 0 Å². The summed E-state index contributed by atoms with van der Waals surface area (Å²) in [5.74, 6) is -0.201. The molecule has 4 rings (SSSR count). The summed E-state index contributed by atoms with van der Waals surface area (Å²) in [7, 11) is 1.69. The molecule has 0 saturated carbocycles. The summed E-state index contributed by atoms with van der Waals surface area (Å²) in [6.45, 7) is 2.33. The van der Waals surface area contributed by atoms with Crippen LogP contribution in [0.5, 0.6) is 0 Å². The lowest BCUT2D eigenvalue weighted by Crippen LogP contribution is -2.40. The predicted octanol–water partition coefficient (Wildman–Crippen LogP) is 3.75. The highest BCUT2D eigenvalue weighted by molar-refractivity contribution is 7.15. The van der Waals surface area contributed by atoms with Crippen LogP contribution in [0.3, 0.4) is 0 Å². The van der Waals surface area contributed by atoms with Crippen molar-refractivity contribution in [1.82, 2.24) is 19.6 Å². The Labute approximate surface area is 166 Å². The lowest BCUT2D eigenvalue weighted by molar-refractivity contribution is 0.0930. The second kappa shape index (κ2) is 7.33. The van der Waals surface area contributed by atoms with E-state index in [9.17, 15) is 4.79 Å². The number of carbonyl (C=O) groups is 1. The zero-order valence-corrected chi connectivity index (χ0v) is 16.4. The van der Waals surface area contributed by atoms with Gasteiger partial charge in [-0.15, -0.1) is 11.3 Å². The smallest absolute Gasteiger partial charge is 0.270 e. The molecule has 7 heteroatoms. The average molecular weight is 389 g/mol. The number of imidazole rings is 1. The predicted molar refractivity (Wildman–Crippen MR) is 111 cm³/mol. The summed E-state index contributed by atoms with van der Waals surface area (Å²) >= 11 is 1.49. The monoisotopic (exact) mass is 389 g/mol. The van der Waals surface area contributed by atoms with Gasteiger partial charge in [-0.2, -0.15) is 5.26 Å². The van der Waals surface area contributed by atoms with Crippen LogP contribution in [0, 0.1) is 11.5 Å². The van der Waals surface area contributed by atoms with Crippen LogP contribution in [0.2, 0.25) is 0 Å². The second-order valence-corrected chi connectivity index (χ2v) is 7.65. The number of hydrogen-bond donors (Lipinski definition) is 1. The maximum Gasteiger partial charge on any atom is 0.270 e. The van der Waals surface area contributed by atoms with E-state index in [1.54, 1.807) is 7.05 Å². The van der Waals surface area contributed by atoms with E-state index >= 15 is 0 Å². The lowest BCUT2D eigenvalue weighted by atomic mass is 10.0. The Bertz CT molecular complexity index is 1200. The lowest BCUT2D eigenvalue weighted by Gasteiger charge is -2.17. The minimum absolute atomic E-state index is 0.175. The van der Waals surface area contributed by atoms with E-state index in [1.165, 1.54) is 16.2 Å². The van der Waals surface area contributed by atoms with Crippen LogP contribution in [0.25, 0.3) is 27.0 Å². The molecule has 1 unspecified atom stereocenters. The van der Waals surface area contributed by atoms with Gasteiger partial charge < -0.3 is 10.2 Å². The molecule has 140 valence electrons. The highest BCUT2D eigenvalue weighted by Crippen LogP contribution is 2.29. The third-order valence-corrected chi connectivity index (χ3v) is 5.35. The molecule has 2 aromatic carbocycles. The number of benzene rings is 2. The molecule has 0 fully saturated rings. The summed E-state index contributed by atoms with van der Waals surface area (Å²) in [6.07, 6.45) is 3.91. The molecule has 1 N–H and O–H groups in total. The van der Waals surface area contributed by atoms with E-state index < -0.39 is 0 Å². The number of nitriles is 1. The largest absolute Gasteiger partial charge is 0.346 e. The third kappa shape index (κ3) is 3.30. The summed E-state index contributed by atoms with van der Waals surface area (Å²) in [4.78, 5) is 20.1. The van der Waals surface area contributed by atoms with E-state index in [-0.39, 0.29) is 11.9 Å². The first kappa shape index (κ1) is 18.0. The van der Waals surface area contributed by atoms with E-state index in [4.69, 9.17) is 10.2 Å². The Balaban J connectivity index is 1.74. The maximum atomic E-state index is 13.1. The number of carbonyl (C=O) groups excluding carboxylic acids is 1. The summed E-state index contributed by atoms with van der Waals surface area (Å²) in [5, 5.41) is 16.1. The van der Waals surface area contributed by atoms with Crippen molar-refractivity contribution in [3.05, 3.63) is 59.7 Å². The number of likely N-dealkylation sites (N-methyl/N-ethyl adjacent to an activating group) is 1. The van der Waals surface area contributed by atoms with Gasteiger partial charge in [0.15, 0.2) is 11.2 Å². The topological polar surface area (TPSA) is 73.4 Å². The first-order chi connectivity index (χ1) is 13.6. The number of hydrogen-bond acceptors (Lipinski definition) is 5. The number of fused-ring (bicyclic) bond motifs is 2. The highest BCUT2D eigenvalue weighted by Gasteiger charge is 2.23. The van der Waals surface area contributed by atoms with Crippen molar-refractivity contribution < 1.29 is 4.79 Å². The molecule has 0 aliphatic carbocycles. The van der Waals surface area contributed by atoms with Crippen molar-refractivity contribution in [2.75, 3.05) is 13.6 Å². The van der Waals surface area contributed by atoms with Crippen molar-refractivity contribution in [3.8, 4) is 17.5 Å². The standard InChI is InChI=1S/C21H19N5OS/c1-14(12-25(2)13-22)23-20(27)19-18(24-21-26(19)9-10-28-21)17-8-7-15-5-3-4-6-16(15)11-17/h3-11,14H,12H2,1-2H3,(H,23,27). The normalized spacial score (nSPS) is 12.0. The van der Waals surface area contributed by atoms with Crippen LogP contribution >= 0.6 is 11.3 Å².